The van der Waals surface area contributed by atoms with Crippen LogP contribution in [0.4, 0.5) is 0 Å². The Morgan fingerprint density at radius 1 is 1.48 bits per heavy atom. The first-order valence-corrected chi connectivity index (χ1v) is 7.23. The van der Waals surface area contributed by atoms with Gasteiger partial charge in [0.1, 0.15) is 0 Å². The fourth-order valence-electron chi connectivity index (χ4n) is 2.60. The van der Waals surface area contributed by atoms with Crippen LogP contribution in [0.2, 0.25) is 0 Å². The molecule has 1 aliphatic rings. The van der Waals surface area contributed by atoms with Gasteiger partial charge < -0.3 is 10.2 Å². The maximum absolute atomic E-state index is 12.2. The molecule has 2 rings (SSSR count). The lowest BCUT2D eigenvalue weighted by Crippen LogP contribution is -2.32. The Kier molecular flexibility index (Phi) is 4.78. The zero-order chi connectivity index (χ0) is 15.4. The third-order valence-electron chi connectivity index (χ3n) is 3.89. The Hall–Kier alpha value is -2.10. The molecule has 21 heavy (non-hydrogen) atoms. The number of amides is 2. The van der Waals surface area contributed by atoms with E-state index in [9.17, 15) is 9.59 Å². The van der Waals surface area contributed by atoms with E-state index in [1.165, 1.54) is 5.56 Å². The van der Waals surface area contributed by atoms with Crippen LogP contribution in [-0.4, -0.2) is 29.8 Å². The Bertz CT molecular complexity index is 566. The van der Waals surface area contributed by atoms with Gasteiger partial charge in [-0.15, -0.1) is 6.58 Å². The number of carbonyl (C=O) groups excluding carboxylic acids is 2. The van der Waals surface area contributed by atoms with Gasteiger partial charge in [0.25, 0.3) is 0 Å². The van der Waals surface area contributed by atoms with E-state index in [1.54, 1.807) is 11.0 Å². The summed E-state index contributed by atoms with van der Waals surface area (Å²) >= 11 is 0. The standard InChI is InChI=1S/C17H22N2O2/c1-4-7-19-11-15(9-16(19)20)17(21)18-10-14-8-12(2)5-6-13(14)3/h4-6,8,15H,1,7,9-11H2,2-3H3,(H,18,21). The number of nitrogens with zero attached hydrogens (tertiary/aromatic N) is 1. The first kappa shape index (κ1) is 15.3. The van der Waals surface area contributed by atoms with E-state index in [1.807, 2.05) is 13.8 Å². The second-order valence-corrected chi connectivity index (χ2v) is 5.64. The molecular weight excluding hydrogens is 264 g/mol. The highest BCUT2D eigenvalue weighted by Crippen LogP contribution is 2.18. The minimum absolute atomic E-state index is 0.0294. The van der Waals surface area contributed by atoms with Crippen LogP contribution < -0.4 is 5.32 Å². The molecule has 1 heterocycles. The van der Waals surface area contributed by atoms with Gasteiger partial charge in [-0.2, -0.15) is 0 Å². The van der Waals surface area contributed by atoms with E-state index in [0.29, 0.717) is 26.1 Å². The Morgan fingerprint density at radius 2 is 2.24 bits per heavy atom. The minimum Gasteiger partial charge on any atom is -0.352 e. The van der Waals surface area contributed by atoms with Crippen molar-refractivity contribution in [1.82, 2.24) is 10.2 Å². The Labute approximate surface area is 125 Å². The average molecular weight is 286 g/mol. The van der Waals surface area contributed by atoms with E-state index >= 15 is 0 Å². The van der Waals surface area contributed by atoms with Gasteiger partial charge in [0.2, 0.25) is 11.8 Å². The van der Waals surface area contributed by atoms with Gasteiger partial charge in [-0.05, 0) is 25.0 Å². The zero-order valence-electron chi connectivity index (χ0n) is 12.7. The molecule has 0 saturated carbocycles. The summed E-state index contributed by atoms with van der Waals surface area (Å²) in [6.45, 7) is 9.21. The summed E-state index contributed by atoms with van der Waals surface area (Å²) in [5, 5.41) is 2.95. The summed E-state index contributed by atoms with van der Waals surface area (Å²) in [7, 11) is 0. The molecular formula is C17H22N2O2. The highest BCUT2D eigenvalue weighted by atomic mass is 16.2. The van der Waals surface area contributed by atoms with Crippen molar-refractivity contribution in [1.29, 1.82) is 0 Å². The van der Waals surface area contributed by atoms with Gasteiger partial charge in [0.15, 0.2) is 0 Å². The molecule has 0 bridgehead atoms. The van der Waals surface area contributed by atoms with Crippen molar-refractivity contribution in [3.63, 3.8) is 0 Å². The highest BCUT2D eigenvalue weighted by molar-refractivity contribution is 5.89. The van der Waals surface area contributed by atoms with Crippen molar-refractivity contribution < 1.29 is 9.59 Å². The molecule has 1 aromatic rings. The molecule has 0 spiro atoms. The maximum atomic E-state index is 12.2. The number of rotatable bonds is 5. The summed E-state index contributed by atoms with van der Waals surface area (Å²) in [4.78, 5) is 25.6. The molecule has 1 N–H and O–H groups in total. The lowest BCUT2D eigenvalue weighted by Gasteiger charge is -2.14. The zero-order valence-corrected chi connectivity index (χ0v) is 12.7. The lowest BCUT2D eigenvalue weighted by atomic mass is 10.0. The molecule has 1 aliphatic heterocycles. The number of nitrogens with one attached hydrogen (secondary N) is 1. The van der Waals surface area contributed by atoms with Crippen molar-refractivity contribution in [2.24, 2.45) is 5.92 Å². The number of benzene rings is 1. The van der Waals surface area contributed by atoms with Crippen LogP contribution in [0.15, 0.2) is 30.9 Å². The molecule has 1 unspecified atom stereocenters. The topological polar surface area (TPSA) is 49.4 Å². The van der Waals surface area contributed by atoms with Gasteiger partial charge in [-0.1, -0.05) is 29.8 Å². The van der Waals surface area contributed by atoms with E-state index in [4.69, 9.17) is 0 Å². The van der Waals surface area contributed by atoms with Crippen LogP contribution >= 0.6 is 0 Å². The van der Waals surface area contributed by atoms with Crippen molar-refractivity contribution in [2.45, 2.75) is 26.8 Å². The van der Waals surface area contributed by atoms with Gasteiger partial charge in [0.05, 0.1) is 5.92 Å². The first-order chi connectivity index (χ1) is 10.0. The van der Waals surface area contributed by atoms with Crippen LogP contribution in [0, 0.1) is 19.8 Å². The van der Waals surface area contributed by atoms with Crippen LogP contribution in [0.5, 0.6) is 0 Å². The maximum Gasteiger partial charge on any atom is 0.225 e. The molecule has 0 aromatic heterocycles. The van der Waals surface area contributed by atoms with Crippen molar-refractivity contribution >= 4 is 11.8 Å². The van der Waals surface area contributed by atoms with Crippen LogP contribution in [0.3, 0.4) is 0 Å². The molecule has 4 heteroatoms. The van der Waals surface area contributed by atoms with E-state index in [2.05, 4.69) is 30.1 Å². The fourth-order valence-corrected chi connectivity index (χ4v) is 2.60. The van der Waals surface area contributed by atoms with Crippen molar-refractivity contribution in [3.05, 3.63) is 47.5 Å². The summed E-state index contributed by atoms with van der Waals surface area (Å²) in [6, 6.07) is 6.20. The number of carbonyl (C=O) groups is 2. The number of hydrogen-bond donors (Lipinski definition) is 1. The van der Waals surface area contributed by atoms with Crippen LogP contribution in [0.25, 0.3) is 0 Å². The summed E-state index contributed by atoms with van der Waals surface area (Å²) in [5.41, 5.74) is 3.46. The normalized spacial score (nSPS) is 17.9. The monoisotopic (exact) mass is 286 g/mol. The van der Waals surface area contributed by atoms with E-state index in [-0.39, 0.29) is 17.7 Å². The molecule has 0 aliphatic carbocycles. The number of likely N-dealkylation sites (tertiary alicyclic amines) is 1. The summed E-state index contributed by atoms with van der Waals surface area (Å²) in [6.07, 6.45) is 1.99. The molecule has 4 nitrogen and oxygen atoms in total. The predicted molar refractivity (Wildman–Crippen MR) is 82.6 cm³/mol. The number of aryl methyl sites for hydroxylation is 2. The first-order valence-electron chi connectivity index (χ1n) is 7.23. The molecule has 0 radical (unpaired) electrons. The average Bonchev–Trinajstić information content (AvgIpc) is 2.81. The van der Waals surface area contributed by atoms with Gasteiger partial charge in [-0.3, -0.25) is 9.59 Å². The van der Waals surface area contributed by atoms with Crippen molar-refractivity contribution in [2.75, 3.05) is 13.1 Å². The molecule has 1 atom stereocenters. The minimum atomic E-state index is -0.248. The highest BCUT2D eigenvalue weighted by Gasteiger charge is 2.33. The van der Waals surface area contributed by atoms with E-state index in [0.717, 1.165) is 11.1 Å². The molecule has 1 saturated heterocycles. The Morgan fingerprint density at radius 3 is 2.95 bits per heavy atom. The lowest BCUT2D eigenvalue weighted by molar-refractivity contribution is -0.128. The van der Waals surface area contributed by atoms with Crippen LogP contribution in [-0.2, 0) is 16.1 Å². The third kappa shape index (κ3) is 3.72. The van der Waals surface area contributed by atoms with Crippen LogP contribution in [0.1, 0.15) is 23.1 Å². The van der Waals surface area contributed by atoms with E-state index < -0.39 is 0 Å². The van der Waals surface area contributed by atoms with Gasteiger partial charge in [-0.25, -0.2) is 0 Å². The molecule has 1 fully saturated rings. The summed E-state index contributed by atoms with van der Waals surface area (Å²) < 4.78 is 0. The second kappa shape index (κ2) is 6.57. The predicted octanol–water partition coefficient (Wildman–Crippen LogP) is 1.95. The molecule has 112 valence electrons. The molecule has 1 aromatic carbocycles. The Balaban J connectivity index is 1.92. The number of hydrogen-bond acceptors (Lipinski definition) is 2. The largest absolute Gasteiger partial charge is 0.352 e. The van der Waals surface area contributed by atoms with Gasteiger partial charge in [0, 0.05) is 26.1 Å². The SMILES string of the molecule is C=CCN1CC(C(=O)NCc2cc(C)ccc2C)CC1=O. The smallest absolute Gasteiger partial charge is 0.225 e. The fraction of sp³-hybridized carbons (Fsp3) is 0.412. The van der Waals surface area contributed by atoms with Crippen molar-refractivity contribution in [3.8, 4) is 0 Å². The quantitative estimate of drug-likeness (QED) is 0.841. The molecule has 2 amide bonds. The summed E-state index contributed by atoms with van der Waals surface area (Å²) in [5.74, 6) is -0.264. The van der Waals surface area contributed by atoms with Gasteiger partial charge >= 0.3 is 0 Å². The second-order valence-electron chi connectivity index (χ2n) is 5.64. The third-order valence-corrected chi connectivity index (χ3v) is 3.89.